The van der Waals surface area contributed by atoms with Gasteiger partial charge in [-0.2, -0.15) is 0 Å². The van der Waals surface area contributed by atoms with Crippen LogP contribution in [-0.4, -0.2) is 44.2 Å². The van der Waals surface area contributed by atoms with Crippen LogP contribution in [0.5, 0.6) is 0 Å². The molecule has 1 amide bonds. The third-order valence-electron chi connectivity index (χ3n) is 2.22. The molecule has 3 N–H and O–H groups in total. The predicted molar refractivity (Wildman–Crippen MR) is 58.0 cm³/mol. The van der Waals surface area contributed by atoms with E-state index < -0.39 is 29.4 Å². The second kappa shape index (κ2) is 5.27. The Morgan fingerprint density at radius 3 is 2.61 bits per heavy atom. The van der Waals surface area contributed by atoms with E-state index in [1.165, 1.54) is 11.6 Å². The molecule has 0 bridgehead atoms. The van der Waals surface area contributed by atoms with Crippen LogP contribution in [0.1, 0.15) is 10.5 Å². The van der Waals surface area contributed by atoms with Crippen LogP contribution >= 0.6 is 0 Å². The third kappa shape index (κ3) is 2.83. The van der Waals surface area contributed by atoms with Gasteiger partial charge in [0.15, 0.2) is 6.04 Å². The first-order valence-electron chi connectivity index (χ1n) is 4.82. The highest BCUT2D eigenvalue weighted by molar-refractivity contribution is 5.96. The minimum absolute atomic E-state index is 0.0681. The minimum Gasteiger partial charge on any atom is -0.480 e. The van der Waals surface area contributed by atoms with E-state index in [1.807, 2.05) is 5.32 Å². The lowest BCUT2D eigenvalue weighted by Gasteiger charge is -2.11. The fourth-order valence-corrected chi connectivity index (χ4v) is 1.29. The van der Waals surface area contributed by atoms with Gasteiger partial charge in [-0.1, -0.05) is 0 Å². The Labute approximate surface area is 101 Å². The van der Waals surface area contributed by atoms with Crippen molar-refractivity contribution in [2.45, 2.75) is 6.04 Å². The summed E-state index contributed by atoms with van der Waals surface area (Å²) in [6.07, 6.45) is 1.13. The number of aryl methyl sites for hydroxylation is 1. The van der Waals surface area contributed by atoms with Crippen molar-refractivity contribution in [2.75, 3.05) is 6.61 Å². The lowest BCUT2D eigenvalue weighted by atomic mass is 10.3. The number of carboxylic acid groups (broad SMARTS) is 1. The summed E-state index contributed by atoms with van der Waals surface area (Å²) in [7, 11) is 1.41. The van der Waals surface area contributed by atoms with Gasteiger partial charge >= 0.3 is 5.97 Å². The summed E-state index contributed by atoms with van der Waals surface area (Å²) in [6, 6.07) is -0.433. The standard InChI is InChI=1S/C9H11N3O6/c1-11-3-5(12(17)18)2-7(11)8(14)10-6(4-13)9(15)16/h2-3,6,13H,4H2,1H3,(H,10,14)(H,15,16)/t6-/m1/s1. The lowest BCUT2D eigenvalue weighted by molar-refractivity contribution is -0.384. The first-order chi connectivity index (χ1) is 8.36. The molecular formula is C9H11N3O6. The van der Waals surface area contributed by atoms with Gasteiger partial charge in [-0.15, -0.1) is 0 Å². The highest BCUT2D eigenvalue weighted by Crippen LogP contribution is 2.15. The smallest absolute Gasteiger partial charge is 0.328 e. The van der Waals surface area contributed by atoms with Crippen molar-refractivity contribution in [2.24, 2.45) is 7.05 Å². The molecule has 1 atom stereocenters. The zero-order valence-corrected chi connectivity index (χ0v) is 9.36. The zero-order chi connectivity index (χ0) is 13.9. The Hall–Kier alpha value is -2.42. The average Bonchev–Trinajstić information content (AvgIpc) is 2.67. The third-order valence-corrected chi connectivity index (χ3v) is 2.22. The van der Waals surface area contributed by atoms with Crippen LogP contribution in [0.4, 0.5) is 5.69 Å². The monoisotopic (exact) mass is 257 g/mol. The van der Waals surface area contributed by atoms with Gasteiger partial charge in [0.2, 0.25) is 0 Å². The van der Waals surface area contributed by atoms with Crippen LogP contribution in [0.15, 0.2) is 12.3 Å². The SMILES string of the molecule is Cn1cc([N+](=O)[O-])cc1C(=O)N[C@H](CO)C(=O)O. The lowest BCUT2D eigenvalue weighted by Crippen LogP contribution is -2.43. The van der Waals surface area contributed by atoms with E-state index in [9.17, 15) is 19.7 Å². The van der Waals surface area contributed by atoms with Crippen LogP contribution in [0, 0.1) is 10.1 Å². The average molecular weight is 257 g/mol. The summed E-state index contributed by atoms with van der Waals surface area (Å²) in [6.45, 7) is -0.770. The van der Waals surface area contributed by atoms with E-state index in [0.717, 1.165) is 12.3 Å². The number of aromatic nitrogens is 1. The predicted octanol–water partition coefficient (Wildman–Crippen LogP) is -0.891. The maximum absolute atomic E-state index is 11.6. The summed E-state index contributed by atoms with van der Waals surface area (Å²) in [5.74, 6) is -2.21. The molecule has 0 aliphatic rings. The molecule has 0 aliphatic carbocycles. The number of carboxylic acids is 1. The van der Waals surface area contributed by atoms with Gasteiger partial charge in [0.25, 0.3) is 11.6 Å². The minimum atomic E-state index is -1.45. The molecule has 0 saturated heterocycles. The number of aliphatic hydroxyl groups excluding tert-OH is 1. The Kier molecular flexibility index (Phi) is 4.00. The number of amides is 1. The van der Waals surface area contributed by atoms with E-state index in [2.05, 4.69) is 0 Å². The fraction of sp³-hybridized carbons (Fsp3) is 0.333. The number of nitrogens with one attached hydrogen (secondary N) is 1. The van der Waals surface area contributed by atoms with Crippen LogP contribution in [0.2, 0.25) is 0 Å². The molecule has 0 aliphatic heterocycles. The van der Waals surface area contributed by atoms with Crippen molar-refractivity contribution >= 4 is 17.6 Å². The van der Waals surface area contributed by atoms with Gasteiger partial charge in [0.1, 0.15) is 5.69 Å². The molecule has 0 saturated carbocycles. The first kappa shape index (κ1) is 13.6. The number of nitrogens with zero attached hydrogens (tertiary/aromatic N) is 2. The van der Waals surface area contributed by atoms with Crippen molar-refractivity contribution in [3.05, 3.63) is 28.1 Å². The van der Waals surface area contributed by atoms with Crippen LogP contribution in [-0.2, 0) is 11.8 Å². The summed E-state index contributed by atoms with van der Waals surface area (Å²) in [4.78, 5) is 32.1. The number of carbonyl (C=O) groups excluding carboxylic acids is 1. The van der Waals surface area contributed by atoms with Crippen LogP contribution in [0.3, 0.4) is 0 Å². The van der Waals surface area contributed by atoms with Crippen molar-refractivity contribution in [1.29, 1.82) is 0 Å². The molecule has 0 radical (unpaired) electrons. The molecule has 1 heterocycles. The van der Waals surface area contributed by atoms with Crippen molar-refractivity contribution in [3.63, 3.8) is 0 Å². The van der Waals surface area contributed by atoms with Crippen LogP contribution in [0.25, 0.3) is 0 Å². The Morgan fingerprint density at radius 1 is 1.61 bits per heavy atom. The Morgan fingerprint density at radius 2 is 2.22 bits per heavy atom. The summed E-state index contributed by atoms with van der Waals surface area (Å²) >= 11 is 0. The molecule has 1 rings (SSSR count). The van der Waals surface area contributed by atoms with Crippen molar-refractivity contribution < 1.29 is 24.7 Å². The Bertz CT molecular complexity index is 494. The van der Waals surface area contributed by atoms with Gasteiger partial charge < -0.3 is 20.1 Å². The van der Waals surface area contributed by atoms with Crippen molar-refractivity contribution in [1.82, 2.24) is 9.88 Å². The van der Waals surface area contributed by atoms with Gasteiger partial charge in [-0.3, -0.25) is 14.9 Å². The molecule has 98 valence electrons. The van der Waals surface area contributed by atoms with E-state index in [0.29, 0.717) is 0 Å². The number of carbonyl (C=O) groups is 2. The molecule has 0 aromatic carbocycles. The van der Waals surface area contributed by atoms with Gasteiger partial charge in [0.05, 0.1) is 17.7 Å². The fourth-order valence-electron chi connectivity index (χ4n) is 1.29. The molecule has 9 heteroatoms. The van der Waals surface area contributed by atoms with E-state index in [-0.39, 0.29) is 11.4 Å². The van der Waals surface area contributed by atoms with Gasteiger partial charge in [0, 0.05) is 13.1 Å². The molecular weight excluding hydrogens is 246 g/mol. The molecule has 9 nitrogen and oxygen atoms in total. The number of hydrogen-bond acceptors (Lipinski definition) is 5. The number of hydrogen-bond donors (Lipinski definition) is 3. The molecule has 0 spiro atoms. The number of nitro groups is 1. The highest BCUT2D eigenvalue weighted by atomic mass is 16.6. The van der Waals surface area contributed by atoms with Crippen molar-refractivity contribution in [3.8, 4) is 0 Å². The summed E-state index contributed by atoms with van der Waals surface area (Å²) in [5, 5.41) is 29.9. The molecule has 0 unspecified atom stereocenters. The molecule has 1 aromatic heterocycles. The van der Waals surface area contributed by atoms with E-state index >= 15 is 0 Å². The summed E-state index contributed by atoms with van der Waals surface area (Å²) in [5.41, 5.74) is -0.347. The highest BCUT2D eigenvalue weighted by Gasteiger charge is 2.23. The second-order valence-corrected chi connectivity index (χ2v) is 3.50. The normalized spacial score (nSPS) is 11.9. The molecule has 18 heavy (non-hydrogen) atoms. The first-order valence-corrected chi connectivity index (χ1v) is 4.82. The topological polar surface area (TPSA) is 135 Å². The van der Waals surface area contributed by atoms with Gasteiger partial charge in [-0.05, 0) is 0 Å². The summed E-state index contributed by atoms with van der Waals surface area (Å²) < 4.78 is 1.20. The van der Waals surface area contributed by atoms with Crippen LogP contribution < -0.4 is 5.32 Å². The van der Waals surface area contributed by atoms with Gasteiger partial charge in [-0.25, -0.2) is 4.79 Å². The maximum Gasteiger partial charge on any atom is 0.328 e. The number of rotatable bonds is 5. The number of aliphatic hydroxyl groups is 1. The molecule has 0 fully saturated rings. The van der Waals surface area contributed by atoms with E-state index in [1.54, 1.807) is 0 Å². The Balaban J connectivity index is 2.90. The zero-order valence-electron chi connectivity index (χ0n) is 9.36. The quantitative estimate of drug-likeness (QED) is 0.462. The largest absolute Gasteiger partial charge is 0.480 e. The molecule has 1 aromatic rings. The second-order valence-electron chi connectivity index (χ2n) is 3.50. The van der Waals surface area contributed by atoms with E-state index in [4.69, 9.17) is 10.2 Å². The number of aliphatic carboxylic acids is 1. The maximum atomic E-state index is 11.6.